The van der Waals surface area contributed by atoms with Gasteiger partial charge < -0.3 is 9.84 Å². The number of halogens is 1. The lowest BCUT2D eigenvalue weighted by Crippen LogP contribution is -2.10. The molecule has 4 heteroatoms. The van der Waals surface area contributed by atoms with Crippen LogP contribution < -0.4 is 4.74 Å². The van der Waals surface area contributed by atoms with E-state index in [0.717, 1.165) is 0 Å². The molecule has 0 radical (unpaired) electrons. The van der Waals surface area contributed by atoms with E-state index in [-0.39, 0.29) is 0 Å². The van der Waals surface area contributed by atoms with Gasteiger partial charge in [0.2, 0.25) is 0 Å². The molecule has 3 nitrogen and oxygen atoms in total. The van der Waals surface area contributed by atoms with E-state index in [1.54, 1.807) is 32.0 Å². The van der Waals surface area contributed by atoms with Crippen LogP contribution in [0.4, 0.5) is 0 Å². The molecule has 2 unspecified atom stereocenters. The topological polar surface area (TPSA) is 53.2 Å². The zero-order valence-electron chi connectivity index (χ0n) is 8.57. The van der Waals surface area contributed by atoms with Gasteiger partial charge in [0.05, 0.1) is 6.10 Å². The predicted octanol–water partition coefficient (Wildman–Crippen LogP) is 2.68. The third kappa shape index (κ3) is 3.12. The highest BCUT2D eigenvalue weighted by Crippen LogP contribution is 2.28. The van der Waals surface area contributed by atoms with E-state index in [2.05, 4.69) is 0 Å². The number of hydrogen-bond acceptors (Lipinski definition) is 3. The van der Waals surface area contributed by atoms with Gasteiger partial charge in [0.25, 0.3) is 0 Å². The van der Waals surface area contributed by atoms with Crippen molar-refractivity contribution in [1.82, 2.24) is 0 Å². The Morgan fingerprint density at radius 3 is 2.67 bits per heavy atom. The lowest BCUT2D eigenvalue weighted by atomic mass is 10.1. The molecule has 0 aliphatic rings. The molecule has 0 heterocycles. The number of ether oxygens (including phenoxy) is 1. The summed E-state index contributed by atoms with van der Waals surface area (Å²) in [5, 5.41) is 18.6. The minimum absolute atomic E-state index is 0.489. The molecule has 80 valence electrons. The number of hydrogen-bond donors (Lipinski definition) is 1. The Balaban J connectivity index is 3.02. The van der Waals surface area contributed by atoms with Crippen molar-refractivity contribution < 1.29 is 9.84 Å². The molecular formula is C11H12ClNO2. The molecule has 0 spiro atoms. The molecule has 0 aliphatic carbocycles. The van der Waals surface area contributed by atoms with Gasteiger partial charge in [-0.2, -0.15) is 5.26 Å². The fraction of sp³-hybridized carbons (Fsp3) is 0.364. The van der Waals surface area contributed by atoms with E-state index < -0.39 is 12.2 Å². The lowest BCUT2D eigenvalue weighted by Gasteiger charge is -2.14. The predicted molar refractivity (Wildman–Crippen MR) is 57.8 cm³/mol. The number of benzene rings is 1. The summed E-state index contributed by atoms with van der Waals surface area (Å²) < 4.78 is 5.33. The second kappa shape index (κ2) is 5.01. The smallest absolute Gasteiger partial charge is 0.181 e. The molecule has 0 saturated carbocycles. The van der Waals surface area contributed by atoms with Gasteiger partial charge in [-0.15, -0.1) is 0 Å². The van der Waals surface area contributed by atoms with Crippen LogP contribution in [0.1, 0.15) is 25.5 Å². The summed E-state index contributed by atoms with van der Waals surface area (Å²) >= 11 is 5.80. The SMILES string of the molecule is CC(C#N)Oc1ccc(Cl)cc1C(C)O. The molecule has 0 amide bonds. The van der Waals surface area contributed by atoms with Crippen molar-refractivity contribution in [1.29, 1.82) is 5.26 Å². The minimum Gasteiger partial charge on any atom is -0.475 e. The second-order valence-corrected chi connectivity index (χ2v) is 3.68. The Labute approximate surface area is 93.9 Å². The standard InChI is InChI=1S/C11H12ClNO2/c1-7(6-13)15-11-4-3-9(12)5-10(11)8(2)14/h3-5,7-8,14H,1-2H3. The molecule has 0 fully saturated rings. The highest BCUT2D eigenvalue weighted by molar-refractivity contribution is 6.30. The molecule has 0 aliphatic heterocycles. The molecule has 15 heavy (non-hydrogen) atoms. The summed E-state index contributed by atoms with van der Waals surface area (Å²) in [7, 11) is 0. The summed E-state index contributed by atoms with van der Waals surface area (Å²) in [6.07, 6.45) is -1.23. The van der Waals surface area contributed by atoms with E-state index in [9.17, 15) is 5.11 Å². The third-order valence-electron chi connectivity index (χ3n) is 1.91. The van der Waals surface area contributed by atoms with Crippen LogP contribution in [0.3, 0.4) is 0 Å². The number of nitriles is 1. The molecule has 1 rings (SSSR count). The van der Waals surface area contributed by atoms with Gasteiger partial charge in [-0.05, 0) is 32.0 Å². The summed E-state index contributed by atoms with van der Waals surface area (Å²) in [5.41, 5.74) is 0.588. The van der Waals surface area contributed by atoms with Crippen molar-refractivity contribution >= 4 is 11.6 Å². The first-order chi connectivity index (χ1) is 7.04. The fourth-order valence-corrected chi connectivity index (χ4v) is 1.35. The van der Waals surface area contributed by atoms with Gasteiger partial charge in [0.15, 0.2) is 6.10 Å². The molecular weight excluding hydrogens is 214 g/mol. The van der Waals surface area contributed by atoms with E-state index in [1.807, 2.05) is 6.07 Å². The molecule has 0 saturated heterocycles. The van der Waals surface area contributed by atoms with Crippen LogP contribution in [-0.4, -0.2) is 11.2 Å². The van der Waals surface area contributed by atoms with Crippen LogP contribution in [0, 0.1) is 11.3 Å². The number of rotatable bonds is 3. The zero-order chi connectivity index (χ0) is 11.4. The van der Waals surface area contributed by atoms with Gasteiger partial charge in [0, 0.05) is 10.6 Å². The lowest BCUT2D eigenvalue weighted by molar-refractivity contribution is 0.188. The van der Waals surface area contributed by atoms with Gasteiger partial charge in [-0.1, -0.05) is 11.6 Å². The van der Waals surface area contributed by atoms with Crippen molar-refractivity contribution in [3.63, 3.8) is 0 Å². The Morgan fingerprint density at radius 1 is 1.47 bits per heavy atom. The summed E-state index contributed by atoms with van der Waals surface area (Å²) in [6.45, 7) is 3.26. The van der Waals surface area contributed by atoms with Crippen molar-refractivity contribution in [2.75, 3.05) is 0 Å². The molecule has 0 aromatic heterocycles. The van der Waals surface area contributed by atoms with Crippen LogP contribution in [0.15, 0.2) is 18.2 Å². The summed E-state index contributed by atoms with van der Waals surface area (Å²) in [5.74, 6) is 0.489. The number of nitrogens with zero attached hydrogens (tertiary/aromatic N) is 1. The quantitative estimate of drug-likeness (QED) is 0.861. The maximum atomic E-state index is 9.49. The second-order valence-electron chi connectivity index (χ2n) is 3.25. The maximum absolute atomic E-state index is 9.49. The van der Waals surface area contributed by atoms with Crippen LogP contribution in [0.5, 0.6) is 5.75 Å². The highest BCUT2D eigenvalue weighted by atomic mass is 35.5. The third-order valence-corrected chi connectivity index (χ3v) is 2.14. The van der Waals surface area contributed by atoms with E-state index in [1.165, 1.54) is 0 Å². The first kappa shape index (κ1) is 11.8. The minimum atomic E-state index is -0.676. The van der Waals surface area contributed by atoms with E-state index in [4.69, 9.17) is 21.6 Å². The molecule has 1 aromatic carbocycles. The average molecular weight is 226 g/mol. The molecule has 1 N–H and O–H groups in total. The summed E-state index contributed by atoms with van der Waals surface area (Å²) in [4.78, 5) is 0. The van der Waals surface area contributed by atoms with Crippen molar-refractivity contribution in [2.24, 2.45) is 0 Å². The van der Waals surface area contributed by atoms with E-state index >= 15 is 0 Å². The van der Waals surface area contributed by atoms with Crippen LogP contribution in [0.2, 0.25) is 5.02 Å². The molecule has 2 atom stereocenters. The number of aliphatic hydroxyl groups excluding tert-OH is 1. The molecule has 1 aromatic rings. The Kier molecular flexibility index (Phi) is 3.96. The van der Waals surface area contributed by atoms with Gasteiger partial charge in [-0.3, -0.25) is 0 Å². The highest BCUT2D eigenvalue weighted by Gasteiger charge is 2.12. The van der Waals surface area contributed by atoms with E-state index in [0.29, 0.717) is 16.3 Å². The fourth-order valence-electron chi connectivity index (χ4n) is 1.17. The maximum Gasteiger partial charge on any atom is 0.181 e. The van der Waals surface area contributed by atoms with Crippen LogP contribution >= 0.6 is 11.6 Å². The Bertz CT molecular complexity index is 385. The zero-order valence-corrected chi connectivity index (χ0v) is 9.32. The monoisotopic (exact) mass is 225 g/mol. The Morgan fingerprint density at radius 2 is 2.13 bits per heavy atom. The van der Waals surface area contributed by atoms with Crippen molar-refractivity contribution in [3.8, 4) is 11.8 Å². The first-order valence-electron chi connectivity index (χ1n) is 4.58. The van der Waals surface area contributed by atoms with Crippen LogP contribution in [0.25, 0.3) is 0 Å². The largest absolute Gasteiger partial charge is 0.475 e. The van der Waals surface area contributed by atoms with Gasteiger partial charge in [-0.25, -0.2) is 0 Å². The first-order valence-corrected chi connectivity index (χ1v) is 4.96. The van der Waals surface area contributed by atoms with Crippen molar-refractivity contribution in [3.05, 3.63) is 28.8 Å². The average Bonchev–Trinajstić information content (AvgIpc) is 2.20. The van der Waals surface area contributed by atoms with Crippen LogP contribution in [-0.2, 0) is 0 Å². The van der Waals surface area contributed by atoms with Gasteiger partial charge >= 0.3 is 0 Å². The molecule has 0 bridgehead atoms. The normalized spacial score (nSPS) is 14.1. The van der Waals surface area contributed by atoms with Crippen molar-refractivity contribution in [2.45, 2.75) is 26.1 Å². The Hall–Kier alpha value is -1.24. The number of aliphatic hydroxyl groups is 1. The summed E-state index contributed by atoms with van der Waals surface area (Å²) in [6, 6.07) is 6.90. The van der Waals surface area contributed by atoms with Gasteiger partial charge in [0.1, 0.15) is 11.8 Å².